The summed E-state index contributed by atoms with van der Waals surface area (Å²) in [6.07, 6.45) is 5.27. The number of aromatic amines is 1. The van der Waals surface area contributed by atoms with Crippen LogP contribution in [0.4, 0.5) is 4.39 Å². The molecule has 2 aliphatic rings. The zero-order valence-corrected chi connectivity index (χ0v) is 17.1. The van der Waals surface area contributed by atoms with Crippen molar-refractivity contribution in [1.82, 2.24) is 15.1 Å². The number of rotatable bonds is 3. The van der Waals surface area contributed by atoms with E-state index in [2.05, 4.69) is 10.2 Å². The highest BCUT2D eigenvalue weighted by Crippen LogP contribution is 2.34. The molecule has 1 saturated heterocycles. The van der Waals surface area contributed by atoms with Gasteiger partial charge < -0.3 is 4.90 Å². The molecule has 1 aliphatic carbocycles. The summed E-state index contributed by atoms with van der Waals surface area (Å²) in [4.78, 5) is 26.2. The van der Waals surface area contributed by atoms with Gasteiger partial charge in [-0.15, -0.1) is 0 Å². The molecular weight excluding hydrogens is 393 g/mol. The fourth-order valence-corrected chi connectivity index (χ4v) is 4.65. The van der Waals surface area contributed by atoms with Crippen molar-refractivity contribution in [3.05, 3.63) is 63.2 Å². The smallest absolute Gasteiger partial charge is 0.274 e. The van der Waals surface area contributed by atoms with Crippen molar-refractivity contribution in [1.29, 1.82) is 0 Å². The van der Waals surface area contributed by atoms with Crippen molar-refractivity contribution >= 4 is 23.3 Å². The van der Waals surface area contributed by atoms with E-state index in [1.165, 1.54) is 12.1 Å². The molecule has 0 spiro atoms. The van der Waals surface area contributed by atoms with Gasteiger partial charge in [0.2, 0.25) is 0 Å². The van der Waals surface area contributed by atoms with E-state index in [1.54, 1.807) is 19.1 Å². The molecule has 1 aliphatic heterocycles. The van der Waals surface area contributed by atoms with Crippen molar-refractivity contribution < 1.29 is 14.0 Å². The van der Waals surface area contributed by atoms with Crippen molar-refractivity contribution in [2.75, 3.05) is 13.1 Å². The summed E-state index contributed by atoms with van der Waals surface area (Å²) < 4.78 is 13.6. The molecule has 0 unspecified atom stereocenters. The van der Waals surface area contributed by atoms with Crippen LogP contribution in [-0.2, 0) is 17.6 Å². The molecule has 0 saturated carbocycles. The third-order valence-electron chi connectivity index (χ3n) is 5.84. The zero-order chi connectivity index (χ0) is 20.5. The Morgan fingerprint density at radius 2 is 2.03 bits per heavy atom. The number of aromatic nitrogens is 2. The number of hydrogen-bond acceptors (Lipinski definition) is 3. The summed E-state index contributed by atoms with van der Waals surface area (Å²) in [7, 11) is 0. The van der Waals surface area contributed by atoms with Crippen LogP contribution in [0, 0.1) is 5.82 Å². The monoisotopic (exact) mass is 415 g/mol. The minimum absolute atomic E-state index is 0.0422. The lowest BCUT2D eigenvalue weighted by atomic mass is 9.88. The van der Waals surface area contributed by atoms with Gasteiger partial charge in [0.25, 0.3) is 5.91 Å². The fourth-order valence-electron chi connectivity index (χ4n) is 4.38. The molecule has 5 nitrogen and oxygen atoms in total. The van der Waals surface area contributed by atoms with Crippen LogP contribution >= 0.6 is 11.6 Å². The number of halogens is 2. The van der Waals surface area contributed by atoms with E-state index in [0.717, 1.165) is 41.7 Å². The number of likely N-dealkylation sites (tertiary alicyclic amines) is 1. The van der Waals surface area contributed by atoms with Gasteiger partial charge in [-0.1, -0.05) is 17.2 Å². The highest BCUT2D eigenvalue weighted by atomic mass is 35.5. The van der Waals surface area contributed by atoms with Crippen molar-refractivity contribution in [2.45, 2.75) is 44.9 Å². The number of nitrogens with zero attached hydrogens (tertiary/aromatic N) is 2. The summed E-state index contributed by atoms with van der Waals surface area (Å²) >= 11 is 6.25. The van der Waals surface area contributed by atoms with Gasteiger partial charge in [-0.25, -0.2) is 4.39 Å². The first-order valence-corrected chi connectivity index (χ1v) is 10.3. The molecule has 1 aromatic heterocycles. The average molecular weight is 416 g/mol. The fraction of sp³-hybridized carbons (Fsp3) is 0.409. The Hall–Kier alpha value is -2.47. The molecule has 2 aromatic rings. The van der Waals surface area contributed by atoms with Crippen LogP contribution in [-0.4, -0.2) is 39.9 Å². The van der Waals surface area contributed by atoms with Crippen molar-refractivity contribution in [3.8, 4) is 0 Å². The van der Waals surface area contributed by atoms with E-state index in [9.17, 15) is 14.0 Å². The summed E-state index contributed by atoms with van der Waals surface area (Å²) in [6.45, 7) is 2.73. The van der Waals surface area contributed by atoms with Gasteiger partial charge >= 0.3 is 0 Å². The van der Waals surface area contributed by atoms with E-state index in [-0.39, 0.29) is 23.4 Å². The van der Waals surface area contributed by atoms with Crippen LogP contribution in [0.25, 0.3) is 0 Å². The largest absolute Gasteiger partial charge is 0.337 e. The summed E-state index contributed by atoms with van der Waals surface area (Å²) in [6, 6.07) is 4.46. The van der Waals surface area contributed by atoms with Crippen LogP contribution in [0.1, 0.15) is 59.4 Å². The molecule has 0 radical (unpaired) electrons. The molecule has 152 valence electrons. The molecule has 0 bridgehead atoms. The summed E-state index contributed by atoms with van der Waals surface area (Å²) in [5.41, 5.74) is 4.27. The molecule has 0 atom stereocenters. The minimum atomic E-state index is -0.288. The minimum Gasteiger partial charge on any atom is -0.337 e. The Morgan fingerprint density at radius 1 is 1.28 bits per heavy atom. The number of nitrogens with one attached hydrogen (secondary N) is 1. The van der Waals surface area contributed by atoms with Crippen LogP contribution in [0.5, 0.6) is 0 Å². The third-order valence-corrected chi connectivity index (χ3v) is 6.19. The van der Waals surface area contributed by atoms with Gasteiger partial charge in [-0.2, -0.15) is 5.10 Å². The Bertz CT molecular complexity index is 990. The molecule has 2 heterocycles. The Kier molecular flexibility index (Phi) is 5.54. The first-order valence-electron chi connectivity index (χ1n) is 9.92. The molecular formula is C22H23ClFN3O2. The van der Waals surface area contributed by atoms with E-state index in [0.29, 0.717) is 36.6 Å². The number of carbonyl (C=O) groups excluding carboxylic acids is 2. The number of amides is 1. The maximum atomic E-state index is 13.6. The first-order chi connectivity index (χ1) is 13.9. The average Bonchev–Trinajstić information content (AvgIpc) is 3.12. The van der Waals surface area contributed by atoms with Gasteiger partial charge in [0.15, 0.2) is 11.5 Å². The number of piperidine rings is 1. The molecule has 29 heavy (non-hydrogen) atoms. The summed E-state index contributed by atoms with van der Waals surface area (Å²) in [5.74, 6) is -0.162. The number of hydrogen-bond donors (Lipinski definition) is 1. The van der Waals surface area contributed by atoms with Crippen LogP contribution in [0.3, 0.4) is 0 Å². The van der Waals surface area contributed by atoms with Gasteiger partial charge in [-0.3, -0.25) is 14.7 Å². The SMILES string of the molecule is CC(=O)/C=C1/CCc2c(C(=O)N3CCC(c4cc(F)ccc4Cl)CC3)n[nH]c2C1. The number of benzene rings is 1. The number of fused-ring (bicyclic) bond motifs is 1. The lowest BCUT2D eigenvalue weighted by Gasteiger charge is -2.32. The molecule has 1 fully saturated rings. The molecule has 1 amide bonds. The van der Waals surface area contributed by atoms with Gasteiger partial charge in [0.05, 0.1) is 0 Å². The lowest BCUT2D eigenvalue weighted by molar-refractivity contribution is -0.112. The Balaban J connectivity index is 1.44. The number of H-pyrrole nitrogens is 1. The molecule has 4 rings (SSSR count). The quantitative estimate of drug-likeness (QED) is 0.763. The van der Waals surface area contributed by atoms with Crippen LogP contribution < -0.4 is 0 Å². The number of ketones is 1. The van der Waals surface area contributed by atoms with E-state index in [1.807, 2.05) is 4.90 Å². The van der Waals surface area contributed by atoms with Gasteiger partial charge in [0.1, 0.15) is 5.82 Å². The normalized spacial score (nSPS) is 18.7. The van der Waals surface area contributed by atoms with Gasteiger partial charge in [-0.05, 0) is 68.4 Å². The Morgan fingerprint density at radius 3 is 2.76 bits per heavy atom. The lowest BCUT2D eigenvalue weighted by Crippen LogP contribution is -2.38. The second kappa shape index (κ2) is 8.11. The predicted octanol–water partition coefficient (Wildman–Crippen LogP) is 4.23. The van der Waals surface area contributed by atoms with E-state index < -0.39 is 0 Å². The van der Waals surface area contributed by atoms with Crippen molar-refractivity contribution in [2.24, 2.45) is 0 Å². The van der Waals surface area contributed by atoms with E-state index in [4.69, 9.17) is 11.6 Å². The van der Waals surface area contributed by atoms with Crippen LogP contribution in [0.2, 0.25) is 5.02 Å². The van der Waals surface area contributed by atoms with Crippen LogP contribution in [0.15, 0.2) is 29.8 Å². The topological polar surface area (TPSA) is 66.1 Å². The highest BCUT2D eigenvalue weighted by Gasteiger charge is 2.30. The second-order valence-electron chi connectivity index (χ2n) is 7.85. The van der Waals surface area contributed by atoms with Gasteiger partial charge in [0, 0.05) is 35.8 Å². The molecule has 1 aromatic carbocycles. The maximum Gasteiger partial charge on any atom is 0.274 e. The number of carbonyl (C=O) groups is 2. The van der Waals surface area contributed by atoms with Crippen molar-refractivity contribution in [3.63, 3.8) is 0 Å². The first kappa shape index (κ1) is 19.8. The molecule has 1 N–H and O–H groups in total. The van der Waals surface area contributed by atoms with E-state index >= 15 is 0 Å². The third kappa shape index (κ3) is 4.13. The second-order valence-corrected chi connectivity index (χ2v) is 8.26. The Labute approximate surface area is 173 Å². The standard InChI is InChI=1S/C22H23ClFN3O2/c1-13(28)10-14-2-4-17-20(11-14)25-26-21(17)22(29)27-8-6-15(7-9-27)18-12-16(24)3-5-19(18)23/h3,5,10,12,15H,2,4,6-9,11H2,1H3,(H,25,26)/b14-10-. The molecule has 7 heteroatoms. The zero-order valence-electron chi connectivity index (χ0n) is 16.3. The predicted molar refractivity (Wildman–Crippen MR) is 109 cm³/mol. The summed E-state index contributed by atoms with van der Waals surface area (Å²) in [5, 5.41) is 7.86. The highest BCUT2D eigenvalue weighted by molar-refractivity contribution is 6.31. The maximum absolute atomic E-state index is 13.6. The number of allylic oxidation sites excluding steroid dienone is 2.